The molecule has 2 rings (SSSR count). The van der Waals surface area contributed by atoms with E-state index in [1.807, 2.05) is 18.2 Å². The van der Waals surface area contributed by atoms with Crippen molar-refractivity contribution >= 4 is 5.82 Å². The molecular weight excluding hydrogens is 269 g/mol. The molecule has 1 heterocycles. The lowest BCUT2D eigenvalue weighted by Crippen LogP contribution is -2.10. The Hall–Kier alpha value is -2.24. The molecule has 0 saturated heterocycles. The van der Waals surface area contributed by atoms with E-state index in [1.54, 1.807) is 13.2 Å². The van der Waals surface area contributed by atoms with Crippen LogP contribution in [0.1, 0.15) is 11.3 Å². The van der Waals surface area contributed by atoms with E-state index >= 15 is 0 Å². The zero-order valence-electron chi connectivity index (χ0n) is 10.7. The monoisotopic (exact) mass is 282 g/mol. The van der Waals surface area contributed by atoms with Crippen LogP contribution in [-0.4, -0.2) is 12.1 Å². The number of pyridine rings is 1. The highest BCUT2D eigenvalue weighted by molar-refractivity contribution is 5.40. The number of benzene rings is 1. The summed E-state index contributed by atoms with van der Waals surface area (Å²) in [5.41, 5.74) is -0.0725. The average Bonchev–Trinajstić information content (AvgIpc) is 2.45. The minimum atomic E-state index is -4.44. The molecule has 1 aromatic carbocycles. The molecule has 0 saturated carbocycles. The summed E-state index contributed by atoms with van der Waals surface area (Å²) in [5, 5.41) is 2.86. The van der Waals surface area contributed by atoms with Crippen LogP contribution < -0.4 is 10.1 Å². The van der Waals surface area contributed by atoms with Gasteiger partial charge in [0, 0.05) is 12.1 Å². The van der Waals surface area contributed by atoms with E-state index in [0.717, 1.165) is 11.6 Å². The third kappa shape index (κ3) is 3.40. The van der Waals surface area contributed by atoms with Gasteiger partial charge in [0.05, 0.1) is 7.11 Å². The van der Waals surface area contributed by atoms with Crippen molar-refractivity contribution in [2.24, 2.45) is 0 Å². The maximum Gasteiger partial charge on any atom is 0.433 e. The Kier molecular flexibility index (Phi) is 4.12. The van der Waals surface area contributed by atoms with Gasteiger partial charge in [0.25, 0.3) is 0 Å². The van der Waals surface area contributed by atoms with Crippen LogP contribution in [-0.2, 0) is 12.7 Å². The first-order chi connectivity index (χ1) is 9.50. The van der Waals surface area contributed by atoms with Gasteiger partial charge in [0.2, 0.25) is 0 Å². The Morgan fingerprint density at radius 1 is 1.10 bits per heavy atom. The third-order valence-corrected chi connectivity index (χ3v) is 2.69. The van der Waals surface area contributed by atoms with Crippen LogP contribution in [0.4, 0.5) is 19.0 Å². The van der Waals surface area contributed by atoms with Crippen LogP contribution >= 0.6 is 0 Å². The average molecular weight is 282 g/mol. The molecule has 2 aromatic rings. The van der Waals surface area contributed by atoms with Crippen LogP contribution in [0.25, 0.3) is 0 Å². The first-order valence-electron chi connectivity index (χ1n) is 5.91. The number of aromatic nitrogens is 1. The number of halogens is 3. The maximum absolute atomic E-state index is 12.5. The summed E-state index contributed by atoms with van der Waals surface area (Å²) >= 11 is 0. The van der Waals surface area contributed by atoms with Crippen molar-refractivity contribution in [3.05, 3.63) is 53.7 Å². The second-order valence-corrected chi connectivity index (χ2v) is 4.07. The second kappa shape index (κ2) is 5.81. The minimum absolute atomic E-state index is 0.172. The van der Waals surface area contributed by atoms with Crippen LogP contribution in [0.5, 0.6) is 5.75 Å². The van der Waals surface area contributed by atoms with Gasteiger partial charge < -0.3 is 10.1 Å². The molecule has 0 fully saturated rings. The van der Waals surface area contributed by atoms with Crippen LogP contribution in [0.15, 0.2) is 42.5 Å². The summed E-state index contributed by atoms with van der Waals surface area (Å²) in [5.74, 6) is 0.845. The molecule has 0 aliphatic heterocycles. The lowest BCUT2D eigenvalue weighted by Gasteiger charge is -2.11. The Balaban J connectivity index is 2.11. The van der Waals surface area contributed by atoms with E-state index < -0.39 is 11.9 Å². The molecular formula is C14H13F3N2O. The van der Waals surface area contributed by atoms with Crippen molar-refractivity contribution in [3.63, 3.8) is 0 Å². The number of hydrogen-bond acceptors (Lipinski definition) is 3. The summed E-state index contributed by atoms with van der Waals surface area (Å²) in [6.45, 7) is 0.332. The molecule has 0 bridgehead atoms. The summed E-state index contributed by atoms with van der Waals surface area (Å²) in [7, 11) is 1.54. The van der Waals surface area contributed by atoms with Gasteiger partial charge in [0.15, 0.2) is 0 Å². The van der Waals surface area contributed by atoms with Crippen LogP contribution in [0, 0.1) is 0 Å². The summed E-state index contributed by atoms with van der Waals surface area (Å²) in [6, 6.07) is 11.0. The molecule has 0 radical (unpaired) electrons. The second-order valence-electron chi connectivity index (χ2n) is 4.07. The number of alkyl halides is 3. The van der Waals surface area contributed by atoms with Gasteiger partial charge in [-0.2, -0.15) is 13.2 Å². The smallest absolute Gasteiger partial charge is 0.433 e. The van der Waals surface area contributed by atoms with E-state index in [-0.39, 0.29) is 5.82 Å². The first kappa shape index (κ1) is 14.2. The molecule has 6 heteroatoms. The highest BCUT2D eigenvalue weighted by atomic mass is 19.4. The predicted molar refractivity (Wildman–Crippen MR) is 69.6 cm³/mol. The SMILES string of the molecule is COc1ccccc1CNc1cccc(C(F)(F)F)n1. The standard InChI is InChI=1S/C14H13F3N2O/c1-20-11-6-3-2-5-10(11)9-18-13-8-4-7-12(19-13)14(15,16)17/h2-8H,9H2,1H3,(H,18,19). The van der Waals surface area contributed by atoms with Crippen molar-refractivity contribution in [2.75, 3.05) is 12.4 Å². The molecule has 106 valence electrons. The van der Waals surface area contributed by atoms with Gasteiger partial charge in [-0.3, -0.25) is 0 Å². The van der Waals surface area contributed by atoms with E-state index in [4.69, 9.17) is 4.74 Å². The van der Waals surface area contributed by atoms with Crippen molar-refractivity contribution in [2.45, 2.75) is 12.7 Å². The fourth-order valence-corrected chi connectivity index (χ4v) is 1.73. The van der Waals surface area contributed by atoms with Gasteiger partial charge >= 0.3 is 6.18 Å². The molecule has 0 spiro atoms. The number of ether oxygens (including phenoxy) is 1. The van der Waals surface area contributed by atoms with E-state index in [2.05, 4.69) is 10.3 Å². The van der Waals surface area contributed by atoms with E-state index in [1.165, 1.54) is 12.1 Å². The number of methoxy groups -OCH3 is 1. The zero-order chi connectivity index (χ0) is 14.6. The number of hydrogen-bond donors (Lipinski definition) is 1. The fraction of sp³-hybridized carbons (Fsp3) is 0.214. The molecule has 3 nitrogen and oxygen atoms in total. The first-order valence-corrected chi connectivity index (χ1v) is 5.91. The van der Waals surface area contributed by atoms with Crippen molar-refractivity contribution in [1.29, 1.82) is 0 Å². The largest absolute Gasteiger partial charge is 0.496 e. The Labute approximate surface area is 114 Å². The highest BCUT2D eigenvalue weighted by Gasteiger charge is 2.32. The van der Waals surface area contributed by atoms with Gasteiger partial charge in [-0.1, -0.05) is 24.3 Å². The quantitative estimate of drug-likeness (QED) is 0.928. The maximum atomic E-state index is 12.5. The molecule has 1 N–H and O–H groups in total. The molecule has 0 atom stereocenters. The Bertz CT molecular complexity index is 585. The minimum Gasteiger partial charge on any atom is -0.496 e. The number of nitrogens with zero attached hydrogens (tertiary/aromatic N) is 1. The third-order valence-electron chi connectivity index (χ3n) is 2.69. The molecule has 0 aliphatic rings. The number of anilines is 1. The number of rotatable bonds is 4. The number of para-hydroxylation sites is 1. The van der Waals surface area contributed by atoms with Gasteiger partial charge in [-0.05, 0) is 18.2 Å². The summed E-state index contributed by atoms with van der Waals surface area (Å²) in [6.07, 6.45) is -4.44. The molecule has 20 heavy (non-hydrogen) atoms. The van der Waals surface area contributed by atoms with Gasteiger partial charge in [-0.25, -0.2) is 4.98 Å². The number of nitrogens with one attached hydrogen (secondary N) is 1. The van der Waals surface area contributed by atoms with Crippen LogP contribution in [0.3, 0.4) is 0 Å². The van der Waals surface area contributed by atoms with E-state index in [0.29, 0.717) is 12.3 Å². The molecule has 0 amide bonds. The van der Waals surface area contributed by atoms with Gasteiger partial charge in [-0.15, -0.1) is 0 Å². The normalized spacial score (nSPS) is 11.2. The van der Waals surface area contributed by atoms with Gasteiger partial charge in [0.1, 0.15) is 17.3 Å². The summed E-state index contributed by atoms with van der Waals surface area (Å²) < 4.78 is 42.8. The lowest BCUT2D eigenvalue weighted by atomic mass is 10.2. The predicted octanol–water partition coefficient (Wildman–Crippen LogP) is 3.72. The van der Waals surface area contributed by atoms with Crippen LogP contribution in [0.2, 0.25) is 0 Å². The molecule has 0 aliphatic carbocycles. The fourth-order valence-electron chi connectivity index (χ4n) is 1.73. The topological polar surface area (TPSA) is 34.1 Å². The zero-order valence-corrected chi connectivity index (χ0v) is 10.7. The summed E-state index contributed by atoms with van der Waals surface area (Å²) in [4.78, 5) is 3.54. The lowest BCUT2D eigenvalue weighted by molar-refractivity contribution is -0.141. The molecule has 0 unspecified atom stereocenters. The van der Waals surface area contributed by atoms with Crippen molar-refractivity contribution in [3.8, 4) is 5.75 Å². The van der Waals surface area contributed by atoms with Crippen molar-refractivity contribution in [1.82, 2.24) is 4.98 Å². The molecule has 1 aromatic heterocycles. The van der Waals surface area contributed by atoms with Crippen molar-refractivity contribution < 1.29 is 17.9 Å². The van der Waals surface area contributed by atoms with E-state index in [9.17, 15) is 13.2 Å². The Morgan fingerprint density at radius 2 is 1.85 bits per heavy atom. The highest BCUT2D eigenvalue weighted by Crippen LogP contribution is 2.28. The Morgan fingerprint density at radius 3 is 2.55 bits per heavy atom.